The number of ether oxygens (including phenoxy) is 2. The number of carbonyl (C=O) groups is 3. The van der Waals surface area contributed by atoms with Gasteiger partial charge in [0.1, 0.15) is 6.54 Å². The van der Waals surface area contributed by atoms with Gasteiger partial charge in [0.05, 0.1) is 34.7 Å². The Morgan fingerprint density at radius 2 is 1.97 bits per heavy atom. The monoisotopic (exact) mass is 492 g/mol. The summed E-state index contributed by atoms with van der Waals surface area (Å²) in [4.78, 5) is 47.3. The van der Waals surface area contributed by atoms with E-state index in [0.29, 0.717) is 11.4 Å². The summed E-state index contributed by atoms with van der Waals surface area (Å²) in [5.41, 5.74) is 0.382. The summed E-state index contributed by atoms with van der Waals surface area (Å²) in [6, 6.07) is 9.74. The van der Waals surface area contributed by atoms with Crippen molar-refractivity contribution in [3.63, 3.8) is 0 Å². The largest absolute Gasteiger partial charge is 0.490 e. The molecule has 0 saturated heterocycles. The van der Waals surface area contributed by atoms with Crippen molar-refractivity contribution in [2.45, 2.75) is 11.3 Å². The number of hydrogen-bond donors (Lipinski definition) is 2. The number of anilines is 2. The second kappa shape index (κ2) is 10.3. The lowest BCUT2D eigenvalue weighted by Crippen LogP contribution is -2.44. The topological polar surface area (TPSA) is 174 Å². The van der Waals surface area contributed by atoms with Crippen LogP contribution >= 0.6 is 0 Å². The third-order valence-corrected chi connectivity index (χ3v) is 6.17. The van der Waals surface area contributed by atoms with Crippen LogP contribution in [0.3, 0.4) is 0 Å². The molecule has 0 fully saturated rings. The van der Waals surface area contributed by atoms with Crippen molar-refractivity contribution in [3.05, 3.63) is 52.6 Å². The Bertz CT molecular complexity index is 1250. The van der Waals surface area contributed by atoms with Gasteiger partial charge in [-0.2, -0.15) is 0 Å². The summed E-state index contributed by atoms with van der Waals surface area (Å²) in [5.74, 6) is -1.98. The van der Waals surface area contributed by atoms with E-state index in [1.54, 1.807) is 24.3 Å². The van der Waals surface area contributed by atoms with Crippen LogP contribution in [0.1, 0.15) is 6.42 Å². The number of benzene rings is 2. The third-order valence-electron chi connectivity index (χ3n) is 4.71. The minimum atomic E-state index is -4.16. The Balaban J connectivity index is 1.53. The quantitative estimate of drug-likeness (QED) is 0.291. The summed E-state index contributed by atoms with van der Waals surface area (Å²) in [6.45, 7) is -1.25. The number of methoxy groups -OCH3 is 1. The van der Waals surface area contributed by atoms with Crippen molar-refractivity contribution < 1.29 is 37.2 Å². The molecule has 0 saturated carbocycles. The molecule has 0 aromatic heterocycles. The number of nitro groups is 1. The predicted octanol–water partition coefficient (Wildman–Crippen LogP) is 0.800. The lowest BCUT2D eigenvalue weighted by molar-refractivity contribution is -0.386. The van der Waals surface area contributed by atoms with Gasteiger partial charge in [0, 0.05) is 12.6 Å². The van der Waals surface area contributed by atoms with Gasteiger partial charge in [-0.15, -0.1) is 0 Å². The Morgan fingerprint density at radius 3 is 2.68 bits per heavy atom. The minimum Gasteiger partial charge on any atom is -0.490 e. The maximum absolute atomic E-state index is 12.5. The molecular formula is C20H20N4O9S. The molecule has 2 aromatic rings. The Labute approximate surface area is 193 Å². The van der Waals surface area contributed by atoms with Crippen molar-refractivity contribution in [1.82, 2.24) is 4.72 Å². The van der Waals surface area contributed by atoms with E-state index in [1.165, 1.54) is 12.0 Å². The predicted molar refractivity (Wildman–Crippen MR) is 118 cm³/mol. The maximum atomic E-state index is 12.5. The second-order valence-electron chi connectivity index (χ2n) is 6.94. The first kappa shape index (κ1) is 24.6. The molecular weight excluding hydrogens is 472 g/mol. The number of nitrogens with one attached hydrogen (secondary N) is 2. The number of sulfonamides is 1. The average Bonchev–Trinajstić information content (AvgIpc) is 2.81. The van der Waals surface area contributed by atoms with Gasteiger partial charge in [-0.3, -0.25) is 29.4 Å². The van der Waals surface area contributed by atoms with Crippen molar-refractivity contribution in [1.29, 1.82) is 0 Å². The van der Waals surface area contributed by atoms with E-state index in [0.717, 1.165) is 18.2 Å². The molecule has 1 heterocycles. The van der Waals surface area contributed by atoms with Crippen molar-refractivity contribution in [2.24, 2.45) is 0 Å². The molecule has 13 nitrogen and oxygen atoms in total. The fraction of sp³-hybridized carbons (Fsp3) is 0.250. The smallest absolute Gasteiger partial charge is 0.312 e. The Morgan fingerprint density at radius 1 is 1.24 bits per heavy atom. The van der Waals surface area contributed by atoms with Gasteiger partial charge in [-0.05, 0) is 24.3 Å². The highest BCUT2D eigenvalue weighted by Crippen LogP contribution is 2.30. The molecule has 14 heteroatoms. The molecule has 2 N–H and O–H groups in total. The standard InChI is InChI=1S/C20H20N4O9S/c1-32-17-7-6-13(10-16(17)24(28)29)34(30,31)21-9-8-20(27)33-12-19(26)23-11-18(25)22-14-4-2-3-5-15(14)23/h2-7,10,21H,8-9,11-12H2,1H3,(H,22,25). The zero-order valence-corrected chi connectivity index (χ0v) is 18.7. The Kier molecular flexibility index (Phi) is 7.43. The molecule has 0 bridgehead atoms. The summed E-state index contributed by atoms with van der Waals surface area (Å²) < 4.78 is 36.6. The van der Waals surface area contributed by atoms with Gasteiger partial charge >= 0.3 is 11.7 Å². The fourth-order valence-electron chi connectivity index (χ4n) is 3.10. The van der Waals surface area contributed by atoms with Crippen LogP contribution in [-0.2, 0) is 29.1 Å². The van der Waals surface area contributed by atoms with E-state index in [2.05, 4.69) is 10.0 Å². The first-order valence-corrected chi connectivity index (χ1v) is 11.3. The van der Waals surface area contributed by atoms with Gasteiger partial charge in [0.25, 0.3) is 5.91 Å². The molecule has 0 aliphatic carbocycles. The number of amides is 2. The third kappa shape index (κ3) is 5.65. The lowest BCUT2D eigenvalue weighted by atomic mass is 10.2. The number of esters is 1. The van der Waals surface area contributed by atoms with Crippen LogP contribution < -0.4 is 19.7 Å². The van der Waals surface area contributed by atoms with Crippen LogP contribution in [0.25, 0.3) is 0 Å². The van der Waals surface area contributed by atoms with Gasteiger partial charge in [-0.25, -0.2) is 13.1 Å². The minimum absolute atomic E-state index is 0.106. The summed E-state index contributed by atoms with van der Waals surface area (Å²) in [7, 11) is -2.95. The Hall–Kier alpha value is -4.04. The first-order chi connectivity index (χ1) is 16.1. The second-order valence-corrected chi connectivity index (χ2v) is 8.71. The molecule has 2 aromatic carbocycles. The number of para-hydroxylation sites is 2. The number of rotatable bonds is 9. The van der Waals surface area contributed by atoms with E-state index in [1.807, 2.05) is 0 Å². The molecule has 1 aliphatic heterocycles. The van der Waals surface area contributed by atoms with Crippen LogP contribution in [0, 0.1) is 10.1 Å². The number of nitro benzene ring substituents is 1. The van der Waals surface area contributed by atoms with E-state index in [9.17, 15) is 32.9 Å². The van der Waals surface area contributed by atoms with E-state index in [4.69, 9.17) is 9.47 Å². The molecule has 3 rings (SSSR count). The molecule has 180 valence electrons. The highest BCUT2D eigenvalue weighted by Gasteiger charge is 2.27. The first-order valence-electron chi connectivity index (χ1n) is 9.79. The summed E-state index contributed by atoms with van der Waals surface area (Å²) in [6.07, 6.45) is -0.401. The van der Waals surface area contributed by atoms with E-state index in [-0.39, 0.29) is 23.7 Å². The van der Waals surface area contributed by atoms with Crippen LogP contribution in [0.2, 0.25) is 0 Å². The molecule has 2 amide bonds. The number of nitrogens with zero attached hydrogens (tertiary/aromatic N) is 2. The zero-order valence-electron chi connectivity index (χ0n) is 17.8. The molecule has 0 atom stereocenters. The van der Waals surface area contributed by atoms with Gasteiger partial charge in [0.2, 0.25) is 15.9 Å². The summed E-state index contributed by atoms with van der Waals surface area (Å²) in [5, 5.41) is 13.7. The summed E-state index contributed by atoms with van der Waals surface area (Å²) >= 11 is 0. The van der Waals surface area contributed by atoms with Crippen molar-refractivity contribution in [3.8, 4) is 5.75 Å². The molecule has 34 heavy (non-hydrogen) atoms. The fourth-order valence-corrected chi connectivity index (χ4v) is 4.15. The van der Waals surface area contributed by atoms with Crippen molar-refractivity contribution >= 4 is 44.9 Å². The van der Waals surface area contributed by atoms with Gasteiger partial charge in [-0.1, -0.05) is 12.1 Å². The molecule has 0 radical (unpaired) electrons. The molecule has 0 spiro atoms. The average molecular weight is 492 g/mol. The van der Waals surface area contributed by atoms with Gasteiger partial charge in [0.15, 0.2) is 12.4 Å². The van der Waals surface area contributed by atoms with Gasteiger partial charge < -0.3 is 14.8 Å². The number of carbonyl (C=O) groups excluding carboxylic acids is 3. The van der Waals surface area contributed by atoms with Crippen LogP contribution in [-0.4, -0.2) is 57.9 Å². The number of fused-ring (bicyclic) bond motifs is 1. The normalized spacial score (nSPS) is 13.0. The van der Waals surface area contributed by atoms with Crippen LogP contribution in [0.15, 0.2) is 47.4 Å². The highest BCUT2D eigenvalue weighted by atomic mass is 32.2. The van der Waals surface area contributed by atoms with E-state index < -0.39 is 51.4 Å². The van der Waals surface area contributed by atoms with Crippen molar-refractivity contribution in [2.75, 3.05) is 37.0 Å². The SMILES string of the molecule is COc1ccc(S(=O)(=O)NCCC(=O)OCC(=O)N2CC(=O)Nc3ccccc32)cc1[N+](=O)[O-]. The lowest BCUT2D eigenvalue weighted by Gasteiger charge is -2.28. The molecule has 0 unspecified atom stereocenters. The molecule has 1 aliphatic rings. The van der Waals surface area contributed by atoms with Crippen LogP contribution in [0.5, 0.6) is 5.75 Å². The maximum Gasteiger partial charge on any atom is 0.312 e. The highest BCUT2D eigenvalue weighted by molar-refractivity contribution is 7.89. The van der Waals surface area contributed by atoms with Crippen LogP contribution in [0.4, 0.5) is 17.1 Å². The number of hydrogen-bond acceptors (Lipinski definition) is 9. The van der Waals surface area contributed by atoms with E-state index >= 15 is 0 Å². The zero-order chi connectivity index (χ0) is 24.9.